The van der Waals surface area contributed by atoms with Gasteiger partial charge < -0.3 is 10.2 Å². The quantitative estimate of drug-likeness (QED) is 0.754. The highest BCUT2D eigenvalue weighted by atomic mass is 16.2. The summed E-state index contributed by atoms with van der Waals surface area (Å²) in [5.41, 5.74) is 2.90. The Hall–Kier alpha value is -2.28. The van der Waals surface area contributed by atoms with Crippen LogP contribution in [0.5, 0.6) is 0 Å². The van der Waals surface area contributed by atoms with E-state index in [0.717, 1.165) is 48.7 Å². The Bertz CT molecular complexity index is 950. The van der Waals surface area contributed by atoms with E-state index in [1.54, 1.807) is 11.9 Å². The van der Waals surface area contributed by atoms with Crippen molar-refractivity contribution in [2.24, 2.45) is 0 Å². The van der Waals surface area contributed by atoms with E-state index >= 15 is 0 Å². The molecule has 7 nitrogen and oxygen atoms in total. The van der Waals surface area contributed by atoms with Gasteiger partial charge in [0.2, 0.25) is 11.8 Å². The van der Waals surface area contributed by atoms with Crippen molar-refractivity contribution in [2.75, 3.05) is 25.0 Å². The van der Waals surface area contributed by atoms with Crippen molar-refractivity contribution < 1.29 is 9.59 Å². The number of likely N-dealkylation sites (N-methyl/N-ethyl adjacent to an activating group) is 1. The van der Waals surface area contributed by atoms with E-state index in [-0.39, 0.29) is 28.8 Å². The van der Waals surface area contributed by atoms with E-state index in [1.807, 2.05) is 11.8 Å². The number of amides is 2. The third-order valence-electron chi connectivity index (χ3n) is 6.64. The first-order valence-corrected chi connectivity index (χ1v) is 11.4. The normalized spacial score (nSPS) is 24.8. The maximum absolute atomic E-state index is 13.2. The number of aryl methyl sites for hydroxylation is 1. The number of likely N-dealkylation sites (tertiary alicyclic amines) is 1. The number of nitrogens with zero attached hydrogens (tertiary/aromatic N) is 4. The van der Waals surface area contributed by atoms with Gasteiger partial charge in [-0.15, -0.1) is 0 Å². The molecular formula is C24H35N5O2. The molecule has 4 rings (SSSR count). The molecule has 1 aromatic rings. The molecule has 3 aliphatic rings. The highest BCUT2D eigenvalue weighted by Gasteiger charge is 2.35. The molecule has 0 saturated carbocycles. The second kappa shape index (κ2) is 7.69. The lowest BCUT2D eigenvalue weighted by atomic mass is 9.82. The Morgan fingerprint density at radius 2 is 2.00 bits per heavy atom. The minimum absolute atomic E-state index is 0.0163. The number of anilines is 1. The fourth-order valence-corrected chi connectivity index (χ4v) is 5.57. The van der Waals surface area contributed by atoms with Gasteiger partial charge in [0.15, 0.2) is 0 Å². The van der Waals surface area contributed by atoms with Crippen LogP contribution in [-0.4, -0.2) is 57.9 Å². The van der Waals surface area contributed by atoms with Crippen molar-refractivity contribution in [3.05, 3.63) is 28.7 Å². The molecular weight excluding hydrogens is 390 g/mol. The average molecular weight is 426 g/mol. The topological polar surface area (TPSA) is 78.4 Å². The van der Waals surface area contributed by atoms with Crippen LogP contribution in [0.3, 0.4) is 0 Å². The van der Waals surface area contributed by atoms with Gasteiger partial charge in [0.05, 0.1) is 6.42 Å². The number of rotatable bonds is 3. The van der Waals surface area contributed by atoms with Gasteiger partial charge in [-0.3, -0.25) is 14.5 Å². The molecule has 1 saturated heterocycles. The largest absolute Gasteiger partial charge is 0.342 e. The van der Waals surface area contributed by atoms with Crippen LogP contribution in [0.4, 0.5) is 5.82 Å². The third kappa shape index (κ3) is 4.52. The van der Waals surface area contributed by atoms with E-state index < -0.39 is 0 Å². The third-order valence-corrected chi connectivity index (χ3v) is 6.64. The second-order valence-corrected chi connectivity index (χ2v) is 10.7. The molecule has 168 valence electrons. The number of fused-ring (bicyclic) bond motifs is 1. The Morgan fingerprint density at radius 3 is 2.71 bits per heavy atom. The van der Waals surface area contributed by atoms with Gasteiger partial charge in [0.1, 0.15) is 11.6 Å². The molecule has 0 radical (unpaired) electrons. The van der Waals surface area contributed by atoms with Crippen LogP contribution in [0.1, 0.15) is 76.4 Å². The zero-order valence-electron chi connectivity index (χ0n) is 19.7. The molecule has 0 aromatic carbocycles. The lowest BCUT2D eigenvalue weighted by Gasteiger charge is -2.41. The number of piperidine rings is 1. The van der Waals surface area contributed by atoms with E-state index in [0.29, 0.717) is 19.4 Å². The molecule has 0 bridgehead atoms. The highest BCUT2D eigenvalue weighted by Crippen LogP contribution is 2.33. The summed E-state index contributed by atoms with van der Waals surface area (Å²) in [6.45, 7) is 12.1. The summed E-state index contributed by atoms with van der Waals surface area (Å²) in [4.78, 5) is 38.4. The molecule has 0 spiro atoms. The summed E-state index contributed by atoms with van der Waals surface area (Å²) in [6, 6.07) is 0. The van der Waals surface area contributed by atoms with Crippen molar-refractivity contribution >= 4 is 17.6 Å². The Kier molecular flexibility index (Phi) is 5.44. The van der Waals surface area contributed by atoms with Crippen LogP contribution in [-0.2, 0) is 16.0 Å². The zero-order valence-corrected chi connectivity index (χ0v) is 19.7. The molecule has 1 N–H and O–H groups in total. The van der Waals surface area contributed by atoms with E-state index in [4.69, 9.17) is 9.97 Å². The van der Waals surface area contributed by atoms with Crippen LogP contribution in [0.15, 0.2) is 11.6 Å². The van der Waals surface area contributed by atoms with Crippen LogP contribution in [0.25, 0.3) is 0 Å². The Balaban J connectivity index is 1.48. The van der Waals surface area contributed by atoms with Gasteiger partial charge in [-0.25, -0.2) is 9.97 Å². The monoisotopic (exact) mass is 425 g/mol. The predicted octanol–water partition coefficient (Wildman–Crippen LogP) is 2.88. The van der Waals surface area contributed by atoms with E-state index in [1.165, 1.54) is 5.57 Å². The van der Waals surface area contributed by atoms with Crippen molar-refractivity contribution in [2.45, 2.75) is 83.7 Å². The zero-order chi connectivity index (χ0) is 22.6. The standard InChI is InChI=1S/C24H35N5O2/c1-15-18-11-19(30)28(6)22(18)26-21(25-15)17-8-7-9-29(14-17)20(31)10-16-12-23(2,3)27-24(4,5)13-16/h12,17,27H,7-11,13-14H2,1-6H3/t17-/m0/s1. The SMILES string of the molecule is Cc1nc([C@H]2CCCN(C(=O)CC3=CC(C)(C)NC(C)(C)C3)C2)nc2c1CC(=O)N2C. The first kappa shape index (κ1) is 21.9. The van der Waals surface area contributed by atoms with Gasteiger partial charge in [-0.2, -0.15) is 0 Å². The van der Waals surface area contributed by atoms with E-state index in [9.17, 15) is 9.59 Å². The number of hydrogen-bond acceptors (Lipinski definition) is 5. The number of carbonyl (C=O) groups is 2. The summed E-state index contributed by atoms with van der Waals surface area (Å²) in [5, 5.41) is 3.63. The van der Waals surface area contributed by atoms with E-state index in [2.05, 4.69) is 39.1 Å². The smallest absolute Gasteiger partial charge is 0.232 e. The van der Waals surface area contributed by atoms with Gasteiger partial charge in [-0.05, 0) is 53.9 Å². The average Bonchev–Trinajstić information content (AvgIpc) is 2.94. The number of nitrogens with one attached hydrogen (secondary N) is 1. The van der Waals surface area contributed by atoms with Gasteiger partial charge in [0.25, 0.3) is 0 Å². The van der Waals surface area contributed by atoms with Gasteiger partial charge in [-0.1, -0.05) is 11.6 Å². The molecule has 7 heteroatoms. The first-order valence-electron chi connectivity index (χ1n) is 11.4. The highest BCUT2D eigenvalue weighted by molar-refractivity contribution is 5.99. The molecule has 0 aliphatic carbocycles. The van der Waals surface area contributed by atoms with Crippen LogP contribution < -0.4 is 10.2 Å². The summed E-state index contributed by atoms with van der Waals surface area (Å²) in [5.74, 6) is 1.86. The Morgan fingerprint density at radius 1 is 1.26 bits per heavy atom. The molecule has 4 heterocycles. The maximum Gasteiger partial charge on any atom is 0.232 e. The number of hydrogen-bond donors (Lipinski definition) is 1. The minimum Gasteiger partial charge on any atom is -0.342 e. The molecule has 2 amide bonds. The van der Waals surface area contributed by atoms with Gasteiger partial charge >= 0.3 is 0 Å². The summed E-state index contributed by atoms with van der Waals surface area (Å²) in [6.07, 6.45) is 5.87. The molecule has 31 heavy (non-hydrogen) atoms. The second-order valence-electron chi connectivity index (χ2n) is 10.7. The fraction of sp³-hybridized carbons (Fsp3) is 0.667. The van der Waals surface area contributed by atoms with Crippen molar-refractivity contribution in [1.29, 1.82) is 0 Å². The molecule has 1 atom stereocenters. The van der Waals surface area contributed by atoms with Crippen molar-refractivity contribution in [3.63, 3.8) is 0 Å². The number of aromatic nitrogens is 2. The van der Waals surface area contributed by atoms with Gasteiger partial charge in [0, 0.05) is 54.8 Å². The summed E-state index contributed by atoms with van der Waals surface area (Å²) < 4.78 is 0. The van der Waals surface area contributed by atoms with Crippen LogP contribution >= 0.6 is 0 Å². The molecule has 1 fully saturated rings. The predicted molar refractivity (Wildman–Crippen MR) is 121 cm³/mol. The van der Waals surface area contributed by atoms with Crippen molar-refractivity contribution in [1.82, 2.24) is 20.2 Å². The molecule has 3 aliphatic heterocycles. The van der Waals surface area contributed by atoms with Crippen LogP contribution in [0.2, 0.25) is 0 Å². The maximum atomic E-state index is 13.2. The minimum atomic E-state index is -0.110. The lowest BCUT2D eigenvalue weighted by molar-refractivity contribution is -0.131. The molecule has 1 aromatic heterocycles. The summed E-state index contributed by atoms with van der Waals surface area (Å²) >= 11 is 0. The number of carbonyl (C=O) groups excluding carboxylic acids is 2. The van der Waals surface area contributed by atoms with Crippen LogP contribution in [0, 0.1) is 6.92 Å². The van der Waals surface area contributed by atoms with Crippen molar-refractivity contribution in [3.8, 4) is 0 Å². The lowest BCUT2D eigenvalue weighted by Crippen LogP contribution is -2.54. The fourth-order valence-electron chi connectivity index (χ4n) is 5.57. The summed E-state index contributed by atoms with van der Waals surface area (Å²) in [7, 11) is 1.77. The molecule has 0 unspecified atom stereocenters. The first-order chi connectivity index (χ1) is 14.4. The Labute approximate surface area is 185 Å².